The van der Waals surface area contributed by atoms with Crippen LogP contribution >= 0.6 is 15.9 Å². The molecule has 1 amide bonds. The number of hydrogen-bond acceptors (Lipinski definition) is 3. The highest BCUT2D eigenvalue weighted by molar-refractivity contribution is 9.10. The summed E-state index contributed by atoms with van der Waals surface area (Å²) in [4.78, 5) is 14.4. The summed E-state index contributed by atoms with van der Waals surface area (Å²) in [7, 11) is 1.81. The van der Waals surface area contributed by atoms with Crippen LogP contribution in [0.5, 0.6) is 0 Å². The van der Waals surface area contributed by atoms with Crippen LogP contribution in [0.3, 0.4) is 0 Å². The Labute approximate surface area is 152 Å². The van der Waals surface area contributed by atoms with Crippen molar-refractivity contribution in [2.24, 2.45) is 11.7 Å². The van der Waals surface area contributed by atoms with Gasteiger partial charge in [0.1, 0.15) is 0 Å². The zero-order valence-electron chi connectivity index (χ0n) is 14.7. The highest BCUT2D eigenvalue weighted by atomic mass is 79.9. The van der Waals surface area contributed by atoms with E-state index in [2.05, 4.69) is 34.9 Å². The van der Waals surface area contributed by atoms with Crippen molar-refractivity contribution in [3.05, 3.63) is 46.2 Å². The Kier molecular flexibility index (Phi) is 6.18. The van der Waals surface area contributed by atoms with Crippen molar-refractivity contribution in [3.8, 4) is 5.69 Å². The molecule has 1 atom stereocenters. The Balaban J connectivity index is 2.13. The third-order valence-corrected chi connectivity index (χ3v) is 4.79. The molecule has 6 heteroatoms. The van der Waals surface area contributed by atoms with Gasteiger partial charge in [-0.3, -0.25) is 4.79 Å². The first-order valence-corrected chi connectivity index (χ1v) is 8.92. The predicted molar refractivity (Wildman–Crippen MR) is 100 cm³/mol. The van der Waals surface area contributed by atoms with E-state index < -0.39 is 0 Å². The molecule has 1 heterocycles. The second-order valence-corrected chi connectivity index (χ2v) is 7.37. The van der Waals surface area contributed by atoms with Gasteiger partial charge >= 0.3 is 0 Å². The van der Waals surface area contributed by atoms with Gasteiger partial charge < -0.3 is 10.6 Å². The molecule has 0 bridgehead atoms. The first-order chi connectivity index (χ1) is 11.3. The fraction of sp³-hybridized carbons (Fsp3) is 0.444. The monoisotopic (exact) mass is 392 g/mol. The van der Waals surface area contributed by atoms with E-state index in [0.29, 0.717) is 18.0 Å². The Bertz CT molecular complexity index is 711. The molecular formula is C18H25BrN4O. The third-order valence-electron chi connectivity index (χ3n) is 4.29. The first kappa shape index (κ1) is 18.7. The molecule has 1 aromatic heterocycles. The van der Waals surface area contributed by atoms with E-state index in [4.69, 9.17) is 5.73 Å². The Morgan fingerprint density at radius 3 is 2.75 bits per heavy atom. The lowest BCUT2D eigenvalue weighted by molar-refractivity contribution is 0.0788. The Morgan fingerprint density at radius 2 is 2.12 bits per heavy atom. The molecule has 0 saturated heterocycles. The third kappa shape index (κ3) is 4.24. The van der Waals surface area contributed by atoms with Gasteiger partial charge in [-0.2, -0.15) is 5.10 Å². The smallest absolute Gasteiger partial charge is 0.257 e. The van der Waals surface area contributed by atoms with Crippen molar-refractivity contribution in [1.82, 2.24) is 14.7 Å². The molecule has 1 unspecified atom stereocenters. The molecule has 0 radical (unpaired) electrons. The Hall–Kier alpha value is -1.66. The van der Waals surface area contributed by atoms with Crippen LogP contribution in [0.1, 0.15) is 36.3 Å². The molecule has 0 aliphatic carbocycles. The standard InChI is InChI=1S/C18H25BrN4O/c1-12(2)17(20)8-9-22(4)18(24)16-11-21-23(13(16)3)15-7-5-6-14(19)10-15/h5-7,10-12,17H,8-9,20H2,1-4H3. The molecule has 2 aromatic rings. The molecule has 5 nitrogen and oxygen atoms in total. The number of aromatic nitrogens is 2. The van der Waals surface area contributed by atoms with Crippen LogP contribution in [0.2, 0.25) is 0 Å². The number of rotatable bonds is 6. The van der Waals surface area contributed by atoms with Crippen LogP contribution in [0, 0.1) is 12.8 Å². The molecule has 0 aliphatic rings. The summed E-state index contributed by atoms with van der Waals surface area (Å²) >= 11 is 3.46. The average Bonchev–Trinajstić information content (AvgIpc) is 2.92. The minimum absolute atomic E-state index is 0.0234. The van der Waals surface area contributed by atoms with Gasteiger partial charge in [0.05, 0.1) is 23.1 Å². The lowest BCUT2D eigenvalue weighted by Gasteiger charge is -2.21. The van der Waals surface area contributed by atoms with Crippen molar-refractivity contribution in [2.45, 2.75) is 33.2 Å². The second kappa shape index (κ2) is 7.94. The van der Waals surface area contributed by atoms with Gasteiger partial charge in [0.15, 0.2) is 0 Å². The van der Waals surface area contributed by atoms with Gasteiger partial charge in [-0.1, -0.05) is 35.8 Å². The van der Waals surface area contributed by atoms with Gasteiger partial charge in [0.2, 0.25) is 0 Å². The minimum atomic E-state index is -0.0234. The zero-order valence-corrected chi connectivity index (χ0v) is 16.2. The van der Waals surface area contributed by atoms with Gasteiger partial charge in [-0.25, -0.2) is 4.68 Å². The molecule has 2 rings (SSSR count). The second-order valence-electron chi connectivity index (χ2n) is 6.46. The molecule has 130 valence electrons. The van der Waals surface area contributed by atoms with Gasteiger partial charge in [0.25, 0.3) is 5.91 Å². The number of halogens is 1. The van der Waals surface area contributed by atoms with Crippen LogP contribution in [0.4, 0.5) is 0 Å². The van der Waals surface area contributed by atoms with Gasteiger partial charge in [-0.15, -0.1) is 0 Å². The topological polar surface area (TPSA) is 64.2 Å². The summed E-state index contributed by atoms with van der Waals surface area (Å²) in [5.74, 6) is 0.388. The molecule has 24 heavy (non-hydrogen) atoms. The number of carbonyl (C=O) groups excluding carboxylic acids is 1. The lowest BCUT2D eigenvalue weighted by atomic mass is 10.0. The first-order valence-electron chi connectivity index (χ1n) is 8.13. The van der Waals surface area contributed by atoms with Crippen molar-refractivity contribution in [2.75, 3.05) is 13.6 Å². The van der Waals surface area contributed by atoms with Crippen LogP contribution in [0.25, 0.3) is 5.69 Å². The molecule has 2 N–H and O–H groups in total. The highest BCUT2D eigenvalue weighted by Crippen LogP contribution is 2.19. The summed E-state index contributed by atoms with van der Waals surface area (Å²) < 4.78 is 2.76. The largest absolute Gasteiger partial charge is 0.342 e. The summed E-state index contributed by atoms with van der Waals surface area (Å²) in [6, 6.07) is 7.94. The van der Waals surface area contributed by atoms with Crippen molar-refractivity contribution in [3.63, 3.8) is 0 Å². The quantitative estimate of drug-likeness (QED) is 0.818. The van der Waals surface area contributed by atoms with Crippen molar-refractivity contribution < 1.29 is 4.79 Å². The number of carbonyl (C=O) groups is 1. The molecular weight excluding hydrogens is 368 g/mol. The van der Waals surface area contributed by atoms with Gasteiger partial charge in [-0.05, 0) is 37.5 Å². The van der Waals surface area contributed by atoms with Crippen LogP contribution in [-0.4, -0.2) is 40.2 Å². The number of nitrogens with zero attached hydrogens (tertiary/aromatic N) is 3. The van der Waals surface area contributed by atoms with E-state index in [-0.39, 0.29) is 11.9 Å². The maximum atomic E-state index is 12.7. The number of hydrogen-bond donors (Lipinski definition) is 1. The molecule has 1 aromatic carbocycles. The van der Waals surface area contributed by atoms with Crippen molar-refractivity contribution in [1.29, 1.82) is 0 Å². The maximum absolute atomic E-state index is 12.7. The number of benzene rings is 1. The lowest BCUT2D eigenvalue weighted by Crippen LogP contribution is -2.34. The van der Waals surface area contributed by atoms with E-state index in [1.54, 1.807) is 15.8 Å². The SMILES string of the molecule is Cc1c(C(=O)N(C)CCC(N)C(C)C)cnn1-c1cccc(Br)c1. The maximum Gasteiger partial charge on any atom is 0.257 e. The number of amides is 1. The molecule has 0 aliphatic heterocycles. The number of nitrogens with two attached hydrogens (primary N) is 1. The molecule has 0 saturated carbocycles. The van der Waals surface area contributed by atoms with Crippen LogP contribution in [0.15, 0.2) is 34.9 Å². The summed E-state index contributed by atoms with van der Waals surface area (Å²) in [5, 5.41) is 4.38. The van der Waals surface area contributed by atoms with E-state index in [9.17, 15) is 4.79 Å². The van der Waals surface area contributed by atoms with Crippen LogP contribution in [-0.2, 0) is 0 Å². The average molecular weight is 393 g/mol. The van der Waals surface area contributed by atoms with E-state index in [1.165, 1.54) is 0 Å². The van der Waals surface area contributed by atoms with E-state index >= 15 is 0 Å². The van der Waals surface area contributed by atoms with E-state index in [1.807, 2.05) is 38.2 Å². The summed E-state index contributed by atoms with van der Waals surface area (Å²) in [5.41, 5.74) is 8.44. The van der Waals surface area contributed by atoms with Crippen molar-refractivity contribution >= 4 is 21.8 Å². The molecule has 0 fully saturated rings. The minimum Gasteiger partial charge on any atom is -0.342 e. The normalized spacial score (nSPS) is 12.5. The Morgan fingerprint density at radius 1 is 1.42 bits per heavy atom. The highest BCUT2D eigenvalue weighted by Gasteiger charge is 2.19. The van der Waals surface area contributed by atoms with Gasteiger partial charge in [0, 0.05) is 24.1 Å². The fourth-order valence-corrected chi connectivity index (χ4v) is 2.86. The van der Waals surface area contributed by atoms with Crippen LogP contribution < -0.4 is 5.73 Å². The van der Waals surface area contributed by atoms with E-state index in [0.717, 1.165) is 22.3 Å². The zero-order chi connectivity index (χ0) is 17.9. The summed E-state index contributed by atoms with van der Waals surface area (Å²) in [6.45, 7) is 6.74. The predicted octanol–water partition coefficient (Wildman–Crippen LogP) is 3.39. The fourth-order valence-electron chi connectivity index (χ4n) is 2.47. The summed E-state index contributed by atoms with van der Waals surface area (Å²) in [6.07, 6.45) is 2.43. The molecule has 0 spiro atoms.